The van der Waals surface area contributed by atoms with Crippen molar-refractivity contribution in [3.05, 3.63) is 101 Å². The van der Waals surface area contributed by atoms with Gasteiger partial charge in [-0.15, -0.1) is 0 Å². The molecule has 0 aliphatic carbocycles. The molecule has 30 heavy (non-hydrogen) atoms. The van der Waals surface area contributed by atoms with E-state index in [4.69, 9.17) is 4.74 Å². The van der Waals surface area contributed by atoms with Gasteiger partial charge in [0, 0.05) is 23.7 Å². The van der Waals surface area contributed by atoms with Crippen molar-refractivity contribution in [2.75, 3.05) is 5.32 Å². The van der Waals surface area contributed by atoms with Gasteiger partial charge in [0.15, 0.2) is 6.10 Å². The van der Waals surface area contributed by atoms with Gasteiger partial charge in [-0.25, -0.2) is 4.79 Å². The highest BCUT2D eigenvalue weighted by Gasteiger charge is 2.26. The van der Waals surface area contributed by atoms with E-state index in [2.05, 4.69) is 5.32 Å². The topological polar surface area (TPSA) is 72.5 Å². The third-order valence-corrected chi connectivity index (χ3v) is 4.62. The van der Waals surface area contributed by atoms with Crippen molar-refractivity contribution in [2.45, 2.75) is 26.9 Å². The first-order valence-corrected chi connectivity index (χ1v) is 9.59. The summed E-state index contributed by atoms with van der Waals surface area (Å²) in [6, 6.07) is 20.8. The second-order valence-electron chi connectivity index (χ2n) is 7.18. The van der Waals surface area contributed by atoms with Gasteiger partial charge in [0.05, 0.1) is 5.56 Å². The first-order valence-electron chi connectivity index (χ1n) is 9.59. The van der Waals surface area contributed by atoms with Crippen molar-refractivity contribution < 1.29 is 19.1 Å². The second-order valence-corrected chi connectivity index (χ2v) is 7.18. The predicted octanol–water partition coefficient (Wildman–Crippen LogP) is 5.04. The van der Waals surface area contributed by atoms with Gasteiger partial charge in [0.2, 0.25) is 11.7 Å². The Morgan fingerprint density at radius 1 is 0.733 bits per heavy atom. The van der Waals surface area contributed by atoms with Crippen molar-refractivity contribution in [3.63, 3.8) is 0 Å². The average Bonchev–Trinajstić information content (AvgIpc) is 2.73. The normalized spacial score (nSPS) is 11.4. The zero-order valence-corrected chi connectivity index (χ0v) is 17.1. The molecule has 0 bridgehead atoms. The lowest BCUT2D eigenvalue weighted by Crippen LogP contribution is -2.20. The molecule has 0 saturated heterocycles. The van der Waals surface area contributed by atoms with E-state index in [0.717, 1.165) is 11.1 Å². The Balaban J connectivity index is 1.87. The number of amides is 1. The Labute approximate surface area is 175 Å². The molecule has 1 N–H and O–H groups in total. The van der Waals surface area contributed by atoms with E-state index < -0.39 is 12.1 Å². The first kappa shape index (κ1) is 21.0. The molecule has 0 heterocycles. The fourth-order valence-corrected chi connectivity index (χ4v) is 2.95. The minimum absolute atomic E-state index is 0.201. The molecule has 1 atom stereocenters. The molecule has 0 fully saturated rings. The predicted molar refractivity (Wildman–Crippen MR) is 116 cm³/mol. The van der Waals surface area contributed by atoms with Crippen molar-refractivity contribution in [1.29, 1.82) is 0 Å². The number of carbonyl (C=O) groups is 3. The first-order chi connectivity index (χ1) is 14.3. The van der Waals surface area contributed by atoms with Gasteiger partial charge in [0.1, 0.15) is 0 Å². The van der Waals surface area contributed by atoms with Gasteiger partial charge in [0.25, 0.3) is 0 Å². The molecule has 1 amide bonds. The number of carbonyl (C=O) groups excluding carboxylic acids is 3. The fraction of sp³-hybridized carbons (Fsp3) is 0.160. The summed E-state index contributed by atoms with van der Waals surface area (Å²) >= 11 is 0. The van der Waals surface area contributed by atoms with Gasteiger partial charge >= 0.3 is 5.97 Å². The standard InChI is InChI=1S/C25H23NO4/c1-16-4-8-19(9-5-16)23(28)24(20-10-6-17(2)7-11-20)30-25(29)21-12-14-22(15-13-21)26-18(3)27/h4-15,24H,1-3H3,(H,26,27). The summed E-state index contributed by atoms with van der Waals surface area (Å²) in [4.78, 5) is 37.1. The van der Waals surface area contributed by atoms with Crippen LogP contribution in [0.2, 0.25) is 0 Å². The van der Waals surface area contributed by atoms with Crippen molar-refractivity contribution in [1.82, 2.24) is 0 Å². The number of ketones is 1. The minimum Gasteiger partial charge on any atom is -0.445 e. The lowest BCUT2D eigenvalue weighted by molar-refractivity contribution is -0.114. The fourth-order valence-electron chi connectivity index (χ4n) is 2.95. The molecule has 1 unspecified atom stereocenters. The highest BCUT2D eigenvalue weighted by atomic mass is 16.5. The summed E-state index contributed by atoms with van der Waals surface area (Å²) in [5.41, 5.74) is 4.02. The number of Topliss-reactive ketones (excluding diaryl/α,β-unsaturated/α-hetero) is 1. The number of hydrogen-bond donors (Lipinski definition) is 1. The number of rotatable bonds is 6. The molecule has 5 heteroatoms. The molecular weight excluding hydrogens is 378 g/mol. The van der Waals surface area contributed by atoms with Gasteiger partial charge in [-0.2, -0.15) is 0 Å². The molecule has 0 saturated carbocycles. The van der Waals surface area contributed by atoms with E-state index in [-0.39, 0.29) is 17.3 Å². The highest BCUT2D eigenvalue weighted by Crippen LogP contribution is 2.25. The Hall–Kier alpha value is -3.73. The molecule has 0 aliphatic heterocycles. The van der Waals surface area contributed by atoms with Crippen molar-refractivity contribution >= 4 is 23.3 Å². The minimum atomic E-state index is -1.06. The Bertz CT molecular complexity index is 1050. The Kier molecular flexibility index (Phi) is 6.42. The summed E-state index contributed by atoms with van der Waals surface area (Å²) in [7, 11) is 0. The van der Waals surface area contributed by atoms with Crippen molar-refractivity contribution in [3.8, 4) is 0 Å². The van der Waals surface area contributed by atoms with E-state index in [1.54, 1.807) is 48.5 Å². The summed E-state index contributed by atoms with van der Waals surface area (Å²) in [5.74, 6) is -1.11. The van der Waals surface area contributed by atoms with Crippen LogP contribution in [0.3, 0.4) is 0 Å². The van der Waals surface area contributed by atoms with Crippen LogP contribution in [-0.2, 0) is 9.53 Å². The maximum absolute atomic E-state index is 13.2. The highest BCUT2D eigenvalue weighted by molar-refractivity contribution is 6.02. The van der Waals surface area contributed by atoms with Crippen LogP contribution < -0.4 is 5.32 Å². The largest absolute Gasteiger partial charge is 0.445 e. The van der Waals surface area contributed by atoms with Crippen LogP contribution >= 0.6 is 0 Å². The molecule has 0 aromatic heterocycles. The number of anilines is 1. The molecule has 3 aromatic carbocycles. The van der Waals surface area contributed by atoms with E-state index in [0.29, 0.717) is 16.8 Å². The van der Waals surface area contributed by atoms with E-state index in [1.165, 1.54) is 6.92 Å². The molecular formula is C25H23NO4. The van der Waals surface area contributed by atoms with Crippen LogP contribution in [0.5, 0.6) is 0 Å². The third kappa shape index (κ3) is 5.20. The van der Waals surface area contributed by atoms with Gasteiger partial charge in [-0.3, -0.25) is 9.59 Å². The zero-order valence-electron chi connectivity index (χ0n) is 17.1. The monoisotopic (exact) mass is 401 g/mol. The molecule has 0 aliphatic rings. The SMILES string of the molecule is CC(=O)Nc1ccc(C(=O)OC(C(=O)c2ccc(C)cc2)c2ccc(C)cc2)cc1. The number of nitrogens with one attached hydrogen (secondary N) is 1. The van der Waals surface area contributed by atoms with Crippen LogP contribution in [0.1, 0.15) is 50.4 Å². The number of esters is 1. The molecule has 3 rings (SSSR count). The number of hydrogen-bond acceptors (Lipinski definition) is 4. The Morgan fingerprint density at radius 2 is 1.23 bits per heavy atom. The molecule has 152 valence electrons. The van der Waals surface area contributed by atoms with Gasteiger partial charge < -0.3 is 10.1 Å². The van der Waals surface area contributed by atoms with E-state index in [9.17, 15) is 14.4 Å². The third-order valence-electron chi connectivity index (χ3n) is 4.62. The number of aryl methyl sites for hydroxylation is 2. The quantitative estimate of drug-likeness (QED) is 0.464. The van der Waals surface area contributed by atoms with Crippen LogP contribution in [0.25, 0.3) is 0 Å². The summed E-state index contributed by atoms with van der Waals surface area (Å²) in [6.45, 7) is 5.30. The summed E-state index contributed by atoms with van der Waals surface area (Å²) in [6.07, 6.45) is -1.06. The summed E-state index contributed by atoms with van der Waals surface area (Å²) < 4.78 is 5.65. The summed E-state index contributed by atoms with van der Waals surface area (Å²) in [5, 5.41) is 2.64. The number of ether oxygens (including phenoxy) is 1. The van der Waals surface area contributed by atoms with Crippen LogP contribution in [0.4, 0.5) is 5.69 Å². The molecule has 0 radical (unpaired) electrons. The van der Waals surface area contributed by atoms with Gasteiger partial charge in [-0.1, -0.05) is 59.7 Å². The average molecular weight is 401 g/mol. The van der Waals surface area contributed by atoms with Crippen molar-refractivity contribution in [2.24, 2.45) is 0 Å². The van der Waals surface area contributed by atoms with Crippen LogP contribution in [0, 0.1) is 13.8 Å². The van der Waals surface area contributed by atoms with E-state index in [1.807, 2.05) is 38.1 Å². The van der Waals surface area contributed by atoms with Gasteiger partial charge in [-0.05, 0) is 38.1 Å². The number of benzene rings is 3. The van der Waals surface area contributed by atoms with Crippen LogP contribution in [-0.4, -0.2) is 17.7 Å². The smallest absolute Gasteiger partial charge is 0.339 e. The maximum atomic E-state index is 13.2. The Morgan fingerprint density at radius 3 is 1.77 bits per heavy atom. The molecule has 3 aromatic rings. The van der Waals surface area contributed by atoms with Crippen LogP contribution in [0.15, 0.2) is 72.8 Å². The lowest BCUT2D eigenvalue weighted by atomic mass is 9.98. The maximum Gasteiger partial charge on any atom is 0.339 e. The second kappa shape index (κ2) is 9.18. The molecule has 0 spiro atoms. The van der Waals surface area contributed by atoms with E-state index >= 15 is 0 Å². The lowest BCUT2D eigenvalue weighted by Gasteiger charge is -2.18. The molecule has 5 nitrogen and oxygen atoms in total. The zero-order chi connectivity index (χ0) is 21.7.